The zero-order chi connectivity index (χ0) is 16.9. The molecular weight excluding hydrogens is 324 g/mol. The number of hydrogen-bond donors (Lipinski definition) is 1. The highest BCUT2D eigenvalue weighted by Crippen LogP contribution is 2.23. The molecular formula is C19H19ClN2O2. The summed E-state index contributed by atoms with van der Waals surface area (Å²) in [5.41, 5.74) is 2.96. The molecule has 24 heavy (non-hydrogen) atoms. The van der Waals surface area contributed by atoms with Crippen LogP contribution in [0.15, 0.2) is 47.5 Å². The summed E-state index contributed by atoms with van der Waals surface area (Å²) >= 11 is 5.95. The van der Waals surface area contributed by atoms with E-state index in [0.717, 1.165) is 18.7 Å². The first-order chi connectivity index (χ1) is 11.6. The van der Waals surface area contributed by atoms with Gasteiger partial charge in [-0.15, -0.1) is 0 Å². The Labute approximate surface area is 146 Å². The third-order valence-electron chi connectivity index (χ3n) is 4.16. The van der Waals surface area contributed by atoms with E-state index in [-0.39, 0.29) is 10.6 Å². The number of piperidine rings is 1. The summed E-state index contributed by atoms with van der Waals surface area (Å²) in [7, 11) is 0. The van der Waals surface area contributed by atoms with Crippen molar-refractivity contribution in [2.75, 3.05) is 18.0 Å². The maximum absolute atomic E-state index is 10.9. The van der Waals surface area contributed by atoms with Gasteiger partial charge in [-0.25, -0.2) is 4.79 Å². The molecule has 0 radical (unpaired) electrons. The molecule has 1 saturated heterocycles. The number of nitrogens with zero attached hydrogens (tertiary/aromatic N) is 2. The van der Waals surface area contributed by atoms with Gasteiger partial charge in [-0.1, -0.05) is 23.7 Å². The molecule has 0 bridgehead atoms. The minimum Gasteiger partial charge on any atom is -0.478 e. The second-order valence-corrected chi connectivity index (χ2v) is 6.27. The van der Waals surface area contributed by atoms with E-state index in [2.05, 4.69) is 22.0 Å². The van der Waals surface area contributed by atoms with Crippen LogP contribution in [0.4, 0.5) is 11.4 Å². The SMILES string of the molecule is O=C(O)c1ccc(N=Cc2ccc(N3CCCCC3)cc2)cc1Cl. The van der Waals surface area contributed by atoms with E-state index in [0.29, 0.717) is 5.69 Å². The fraction of sp³-hybridized carbons (Fsp3) is 0.263. The lowest BCUT2D eigenvalue weighted by Gasteiger charge is -2.28. The van der Waals surface area contributed by atoms with Gasteiger partial charge in [0.15, 0.2) is 0 Å². The average molecular weight is 343 g/mol. The van der Waals surface area contributed by atoms with Crippen molar-refractivity contribution in [2.45, 2.75) is 19.3 Å². The molecule has 2 aromatic carbocycles. The molecule has 5 heteroatoms. The summed E-state index contributed by atoms with van der Waals surface area (Å²) in [5, 5.41) is 9.16. The van der Waals surface area contributed by atoms with E-state index in [1.807, 2.05) is 12.1 Å². The Balaban J connectivity index is 1.70. The van der Waals surface area contributed by atoms with Gasteiger partial charge in [0.05, 0.1) is 16.3 Å². The van der Waals surface area contributed by atoms with Crippen molar-refractivity contribution in [2.24, 2.45) is 4.99 Å². The normalized spacial score (nSPS) is 15.0. The smallest absolute Gasteiger partial charge is 0.337 e. The summed E-state index contributed by atoms with van der Waals surface area (Å²) in [5.74, 6) is -1.04. The van der Waals surface area contributed by atoms with Gasteiger partial charge in [-0.2, -0.15) is 0 Å². The molecule has 3 rings (SSSR count). The summed E-state index contributed by atoms with van der Waals surface area (Å²) < 4.78 is 0. The highest BCUT2D eigenvalue weighted by atomic mass is 35.5. The third-order valence-corrected chi connectivity index (χ3v) is 4.47. The standard InChI is InChI=1S/C19H19ClN2O2/c20-18-12-15(6-9-17(18)19(23)24)21-13-14-4-7-16(8-5-14)22-10-2-1-3-11-22/h4-9,12-13H,1-3,10-11H2,(H,23,24). The number of rotatable bonds is 4. The van der Waals surface area contributed by atoms with E-state index in [9.17, 15) is 4.79 Å². The van der Waals surface area contributed by atoms with Gasteiger partial charge in [-0.3, -0.25) is 4.99 Å². The molecule has 1 aliphatic rings. The molecule has 0 spiro atoms. The molecule has 4 nitrogen and oxygen atoms in total. The first-order valence-corrected chi connectivity index (χ1v) is 8.43. The lowest BCUT2D eigenvalue weighted by molar-refractivity contribution is 0.0697. The second kappa shape index (κ2) is 7.49. The van der Waals surface area contributed by atoms with Gasteiger partial charge in [0.25, 0.3) is 0 Å². The van der Waals surface area contributed by atoms with E-state index in [4.69, 9.17) is 16.7 Å². The van der Waals surface area contributed by atoms with Gasteiger partial charge in [0.1, 0.15) is 0 Å². The van der Waals surface area contributed by atoms with E-state index >= 15 is 0 Å². The van der Waals surface area contributed by atoms with Crippen LogP contribution in [0, 0.1) is 0 Å². The molecule has 1 aliphatic heterocycles. The van der Waals surface area contributed by atoms with Crippen molar-refractivity contribution in [1.29, 1.82) is 0 Å². The Morgan fingerprint density at radius 3 is 2.42 bits per heavy atom. The largest absolute Gasteiger partial charge is 0.478 e. The van der Waals surface area contributed by atoms with E-state index < -0.39 is 5.97 Å². The van der Waals surface area contributed by atoms with Crippen LogP contribution in [-0.2, 0) is 0 Å². The first-order valence-electron chi connectivity index (χ1n) is 8.05. The topological polar surface area (TPSA) is 52.9 Å². The number of benzene rings is 2. The van der Waals surface area contributed by atoms with Gasteiger partial charge in [-0.05, 0) is 55.2 Å². The molecule has 1 fully saturated rings. The Morgan fingerprint density at radius 1 is 1.08 bits per heavy atom. The van der Waals surface area contributed by atoms with Crippen LogP contribution in [0.3, 0.4) is 0 Å². The Hall–Kier alpha value is -2.33. The highest BCUT2D eigenvalue weighted by Gasteiger charge is 2.10. The van der Waals surface area contributed by atoms with Crippen LogP contribution < -0.4 is 4.90 Å². The van der Waals surface area contributed by atoms with Gasteiger partial charge in [0.2, 0.25) is 0 Å². The molecule has 0 amide bonds. The molecule has 2 aromatic rings. The van der Waals surface area contributed by atoms with E-state index in [1.54, 1.807) is 18.3 Å². The molecule has 1 N–H and O–H groups in total. The molecule has 0 aromatic heterocycles. The van der Waals surface area contributed by atoms with Crippen molar-refractivity contribution in [3.8, 4) is 0 Å². The predicted octanol–water partition coefficient (Wildman–Crippen LogP) is 4.78. The Kier molecular flexibility index (Phi) is 5.16. The highest BCUT2D eigenvalue weighted by molar-refractivity contribution is 6.33. The fourth-order valence-corrected chi connectivity index (χ4v) is 3.09. The number of halogens is 1. The maximum atomic E-state index is 10.9. The van der Waals surface area contributed by atoms with Crippen LogP contribution in [0.1, 0.15) is 35.2 Å². The minimum atomic E-state index is -1.04. The number of anilines is 1. The summed E-state index contributed by atoms with van der Waals surface area (Å²) in [6.45, 7) is 2.25. The summed E-state index contributed by atoms with van der Waals surface area (Å²) in [6, 6.07) is 13.0. The molecule has 0 atom stereocenters. The summed E-state index contributed by atoms with van der Waals surface area (Å²) in [4.78, 5) is 17.7. The number of aliphatic imine (C=N–C) groups is 1. The number of aromatic carboxylic acids is 1. The first kappa shape index (κ1) is 16.5. The molecule has 1 heterocycles. The summed E-state index contributed by atoms with van der Waals surface area (Å²) in [6.07, 6.45) is 5.60. The number of carboxylic acids is 1. The predicted molar refractivity (Wildman–Crippen MR) is 98.2 cm³/mol. The van der Waals surface area contributed by atoms with Gasteiger partial charge < -0.3 is 10.0 Å². The van der Waals surface area contributed by atoms with Gasteiger partial charge >= 0.3 is 5.97 Å². The van der Waals surface area contributed by atoms with Crippen LogP contribution in [0.2, 0.25) is 5.02 Å². The minimum absolute atomic E-state index is 0.0847. The van der Waals surface area contributed by atoms with Crippen molar-refractivity contribution in [3.05, 3.63) is 58.6 Å². The zero-order valence-corrected chi connectivity index (χ0v) is 14.0. The molecule has 124 valence electrons. The van der Waals surface area contributed by atoms with Crippen molar-refractivity contribution >= 4 is 35.2 Å². The molecule has 0 unspecified atom stereocenters. The molecule has 0 aliphatic carbocycles. The zero-order valence-electron chi connectivity index (χ0n) is 13.3. The average Bonchev–Trinajstić information content (AvgIpc) is 2.61. The van der Waals surface area contributed by atoms with Crippen LogP contribution >= 0.6 is 11.6 Å². The second-order valence-electron chi connectivity index (χ2n) is 5.87. The number of carbonyl (C=O) groups is 1. The van der Waals surface area contributed by atoms with Crippen LogP contribution in [-0.4, -0.2) is 30.4 Å². The van der Waals surface area contributed by atoms with Crippen LogP contribution in [0.25, 0.3) is 0 Å². The lowest BCUT2D eigenvalue weighted by atomic mass is 10.1. The third kappa shape index (κ3) is 3.95. The van der Waals surface area contributed by atoms with Gasteiger partial charge in [0, 0.05) is 25.0 Å². The van der Waals surface area contributed by atoms with Crippen molar-refractivity contribution in [3.63, 3.8) is 0 Å². The fourth-order valence-electron chi connectivity index (χ4n) is 2.83. The lowest BCUT2D eigenvalue weighted by Crippen LogP contribution is -2.29. The van der Waals surface area contributed by atoms with Crippen molar-refractivity contribution in [1.82, 2.24) is 0 Å². The maximum Gasteiger partial charge on any atom is 0.337 e. The quantitative estimate of drug-likeness (QED) is 0.813. The monoisotopic (exact) mass is 342 g/mol. The number of carboxylic acid groups (broad SMARTS) is 1. The van der Waals surface area contributed by atoms with Crippen molar-refractivity contribution < 1.29 is 9.90 Å². The molecule has 0 saturated carbocycles. The Morgan fingerprint density at radius 2 is 1.79 bits per heavy atom. The Bertz CT molecular complexity index is 750. The van der Waals surface area contributed by atoms with Crippen LogP contribution in [0.5, 0.6) is 0 Å². The van der Waals surface area contributed by atoms with E-state index in [1.165, 1.54) is 31.0 Å². The number of hydrogen-bond acceptors (Lipinski definition) is 3.